The highest BCUT2D eigenvalue weighted by atomic mass is 16.5. The number of amides is 2. The number of aromatic nitrogens is 1. The standard InChI is InChI=1S/C39H49N5O5/c1-26(2)36(41-38(46)48-6)37(45)43-23-7-8-33(43)24-49-25-40-30-15-9-27(10-16-30)34-21-22-35(28-11-17-31(42-47)18-12-28)44(34)32-19-13-29(14-20-32)39(3,4)5/h9-22,26,33,36,40,42,47H,7-8,23-25H2,1-6H3,(H,41,46)/t33-,36-/m0/s1. The van der Waals surface area contributed by atoms with Crippen molar-refractivity contribution in [3.8, 4) is 28.2 Å². The number of hydrogen-bond donors (Lipinski definition) is 4. The minimum Gasteiger partial charge on any atom is -0.453 e. The summed E-state index contributed by atoms with van der Waals surface area (Å²) in [7, 11) is 1.30. The normalized spacial score (nSPS) is 15.3. The Morgan fingerprint density at radius 3 is 2.00 bits per heavy atom. The van der Waals surface area contributed by atoms with E-state index < -0.39 is 12.1 Å². The Morgan fingerprint density at radius 2 is 1.47 bits per heavy atom. The van der Waals surface area contributed by atoms with Crippen molar-refractivity contribution >= 4 is 23.4 Å². The van der Waals surface area contributed by atoms with Gasteiger partial charge in [0.25, 0.3) is 0 Å². The third-order valence-corrected chi connectivity index (χ3v) is 9.10. The number of anilines is 2. The number of hydrogen-bond acceptors (Lipinski definition) is 7. The van der Waals surface area contributed by atoms with Crippen LogP contribution in [-0.2, 0) is 19.7 Å². The van der Waals surface area contributed by atoms with E-state index in [-0.39, 0.29) is 23.3 Å². The van der Waals surface area contributed by atoms with Crippen LogP contribution >= 0.6 is 0 Å². The van der Waals surface area contributed by atoms with E-state index in [1.165, 1.54) is 12.7 Å². The van der Waals surface area contributed by atoms with Crippen LogP contribution < -0.4 is 16.1 Å². The van der Waals surface area contributed by atoms with Gasteiger partial charge in [0.05, 0.1) is 36.8 Å². The third kappa shape index (κ3) is 8.44. The molecule has 49 heavy (non-hydrogen) atoms. The van der Waals surface area contributed by atoms with Gasteiger partial charge in [-0.15, -0.1) is 0 Å². The summed E-state index contributed by atoms with van der Waals surface area (Å²) in [5, 5.41) is 15.3. The van der Waals surface area contributed by atoms with Crippen molar-refractivity contribution < 1.29 is 24.3 Å². The SMILES string of the molecule is COC(=O)N[C@H](C(=O)N1CCC[C@H]1COCNc1ccc(-c2ccc(-c3ccc(NO)cc3)n2-c2ccc(C(C)(C)C)cc2)cc1)C(C)C. The van der Waals surface area contributed by atoms with Crippen molar-refractivity contribution in [1.82, 2.24) is 14.8 Å². The first kappa shape index (κ1) is 35.5. The molecule has 3 aromatic carbocycles. The summed E-state index contributed by atoms with van der Waals surface area (Å²) in [6, 6.07) is 28.2. The van der Waals surface area contributed by atoms with Crippen LogP contribution in [0.2, 0.25) is 0 Å². The number of ether oxygens (including phenoxy) is 2. The molecule has 1 aliphatic rings. The van der Waals surface area contributed by atoms with Crippen LogP contribution in [0.4, 0.5) is 16.2 Å². The van der Waals surface area contributed by atoms with E-state index in [0.29, 0.717) is 25.6 Å². The molecule has 2 amide bonds. The van der Waals surface area contributed by atoms with Gasteiger partial charge in [-0.2, -0.15) is 0 Å². The van der Waals surface area contributed by atoms with Crippen molar-refractivity contribution in [2.24, 2.45) is 5.92 Å². The Kier molecular flexibility index (Phi) is 11.3. The maximum Gasteiger partial charge on any atom is 0.407 e. The van der Waals surface area contributed by atoms with Crippen LogP contribution in [0.5, 0.6) is 0 Å². The molecule has 0 radical (unpaired) electrons. The Morgan fingerprint density at radius 1 is 0.878 bits per heavy atom. The van der Waals surface area contributed by atoms with Gasteiger partial charge in [0, 0.05) is 17.9 Å². The lowest BCUT2D eigenvalue weighted by atomic mass is 9.87. The van der Waals surface area contributed by atoms with Gasteiger partial charge in [-0.1, -0.05) is 71.0 Å². The van der Waals surface area contributed by atoms with E-state index in [4.69, 9.17) is 9.47 Å². The summed E-state index contributed by atoms with van der Waals surface area (Å²) < 4.78 is 13.0. The van der Waals surface area contributed by atoms with E-state index in [9.17, 15) is 14.8 Å². The molecule has 1 aromatic heterocycles. The number of alkyl carbamates (subject to hydrolysis) is 1. The Bertz CT molecular complexity index is 1690. The molecule has 260 valence electrons. The summed E-state index contributed by atoms with van der Waals surface area (Å²) in [5.74, 6) is -0.176. The predicted octanol–water partition coefficient (Wildman–Crippen LogP) is 7.67. The maximum atomic E-state index is 13.3. The fourth-order valence-corrected chi connectivity index (χ4v) is 6.26. The second kappa shape index (κ2) is 15.6. The quantitative estimate of drug-likeness (QED) is 0.0696. The molecule has 2 heterocycles. The van der Waals surface area contributed by atoms with Crippen LogP contribution in [-0.4, -0.2) is 65.8 Å². The van der Waals surface area contributed by atoms with Crippen molar-refractivity contribution in [2.75, 3.05) is 37.8 Å². The third-order valence-electron chi connectivity index (χ3n) is 9.10. The van der Waals surface area contributed by atoms with Gasteiger partial charge in [0.1, 0.15) is 12.8 Å². The van der Waals surface area contributed by atoms with Crippen LogP contribution in [0.15, 0.2) is 84.9 Å². The number of carbonyl (C=O) groups excluding carboxylic acids is 2. The van der Waals surface area contributed by atoms with Gasteiger partial charge in [-0.05, 0) is 89.4 Å². The minimum absolute atomic E-state index is 0.0482. The van der Waals surface area contributed by atoms with Crippen LogP contribution in [0.1, 0.15) is 53.0 Å². The molecule has 0 saturated carbocycles. The van der Waals surface area contributed by atoms with E-state index in [1.807, 2.05) is 55.1 Å². The number of nitrogens with one attached hydrogen (secondary N) is 3. The first-order chi connectivity index (χ1) is 23.5. The van der Waals surface area contributed by atoms with E-state index in [0.717, 1.165) is 46.7 Å². The molecule has 1 aliphatic heterocycles. The Labute approximate surface area is 289 Å². The van der Waals surface area contributed by atoms with Gasteiger partial charge in [0.2, 0.25) is 5.91 Å². The number of nitrogens with zero attached hydrogens (tertiary/aromatic N) is 2. The molecule has 2 atom stereocenters. The summed E-state index contributed by atoms with van der Waals surface area (Å²) in [6.07, 6.45) is 1.14. The van der Waals surface area contributed by atoms with Gasteiger partial charge >= 0.3 is 6.09 Å². The predicted molar refractivity (Wildman–Crippen MR) is 194 cm³/mol. The lowest BCUT2D eigenvalue weighted by Crippen LogP contribution is -2.53. The maximum absolute atomic E-state index is 13.3. The molecular weight excluding hydrogens is 618 g/mol. The van der Waals surface area contributed by atoms with Crippen LogP contribution in [0.25, 0.3) is 28.2 Å². The summed E-state index contributed by atoms with van der Waals surface area (Å²) >= 11 is 0. The summed E-state index contributed by atoms with van der Waals surface area (Å²) in [6.45, 7) is 11.8. The fraction of sp³-hybridized carbons (Fsp3) is 0.385. The number of methoxy groups -OCH3 is 1. The molecule has 0 spiro atoms. The number of rotatable bonds is 12. The minimum atomic E-state index is -0.645. The molecule has 10 heteroatoms. The molecule has 1 saturated heterocycles. The zero-order valence-corrected chi connectivity index (χ0v) is 29.3. The van der Waals surface area contributed by atoms with Crippen molar-refractivity contribution in [2.45, 2.75) is 65.0 Å². The first-order valence-corrected chi connectivity index (χ1v) is 16.9. The van der Waals surface area contributed by atoms with Crippen LogP contribution in [0.3, 0.4) is 0 Å². The van der Waals surface area contributed by atoms with E-state index in [2.05, 4.69) is 90.0 Å². The van der Waals surface area contributed by atoms with Crippen molar-refractivity contribution in [3.05, 3.63) is 90.5 Å². The van der Waals surface area contributed by atoms with Gasteiger partial charge in [-0.25, -0.2) is 4.79 Å². The average molecular weight is 668 g/mol. The second-order valence-corrected chi connectivity index (χ2v) is 13.9. The number of carbonyl (C=O) groups is 2. The number of likely N-dealkylation sites (tertiary alicyclic amines) is 1. The smallest absolute Gasteiger partial charge is 0.407 e. The zero-order chi connectivity index (χ0) is 35.1. The lowest BCUT2D eigenvalue weighted by Gasteiger charge is -2.30. The van der Waals surface area contributed by atoms with Gasteiger partial charge in [0.15, 0.2) is 0 Å². The summed E-state index contributed by atoms with van der Waals surface area (Å²) in [5.41, 5.74) is 10.3. The van der Waals surface area contributed by atoms with Gasteiger partial charge in [-0.3, -0.25) is 15.5 Å². The van der Waals surface area contributed by atoms with E-state index >= 15 is 0 Å². The highest BCUT2D eigenvalue weighted by Gasteiger charge is 2.35. The molecule has 0 unspecified atom stereocenters. The Hall–Kier alpha value is -4.80. The molecule has 1 fully saturated rings. The molecule has 10 nitrogen and oxygen atoms in total. The fourth-order valence-electron chi connectivity index (χ4n) is 6.26. The molecule has 4 N–H and O–H groups in total. The lowest BCUT2D eigenvalue weighted by molar-refractivity contribution is -0.136. The van der Waals surface area contributed by atoms with E-state index in [1.54, 1.807) is 0 Å². The van der Waals surface area contributed by atoms with Crippen molar-refractivity contribution in [3.63, 3.8) is 0 Å². The summed E-state index contributed by atoms with van der Waals surface area (Å²) in [4.78, 5) is 27.0. The molecule has 0 aliphatic carbocycles. The molecule has 0 bridgehead atoms. The molecule has 4 aromatic rings. The van der Waals surface area contributed by atoms with Gasteiger partial charge < -0.3 is 29.6 Å². The molecule has 5 rings (SSSR count). The Balaban J connectivity index is 1.27. The highest BCUT2D eigenvalue weighted by Crippen LogP contribution is 2.34. The van der Waals surface area contributed by atoms with Crippen molar-refractivity contribution in [1.29, 1.82) is 0 Å². The monoisotopic (exact) mass is 667 g/mol. The van der Waals surface area contributed by atoms with Crippen LogP contribution in [0, 0.1) is 5.92 Å². The highest BCUT2D eigenvalue weighted by molar-refractivity contribution is 5.86. The first-order valence-electron chi connectivity index (χ1n) is 16.9. The topological polar surface area (TPSA) is 117 Å². The number of benzene rings is 3. The largest absolute Gasteiger partial charge is 0.453 e. The second-order valence-electron chi connectivity index (χ2n) is 13.9. The zero-order valence-electron chi connectivity index (χ0n) is 29.3. The average Bonchev–Trinajstić information content (AvgIpc) is 3.76. The molecular formula is C39H49N5O5.